The minimum absolute atomic E-state index is 0.288. The Morgan fingerprint density at radius 3 is 2.75 bits per heavy atom. The molecule has 0 spiro atoms. The molecule has 4 heteroatoms. The monoisotopic (exact) mass is 273 g/mol. The molecular formula is C16H23N3O. The van der Waals surface area contributed by atoms with Gasteiger partial charge in [-0.2, -0.15) is 0 Å². The van der Waals surface area contributed by atoms with Crippen LogP contribution in [-0.2, 0) is 17.7 Å². The second-order valence-electron chi connectivity index (χ2n) is 5.74. The van der Waals surface area contributed by atoms with Crippen molar-refractivity contribution in [2.45, 2.75) is 25.5 Å². The summed E-state index contributed by atoms with van der Waals surface area (Å²) in [7, 11) is 3.97. The predicted octanol–water partition coefficient (Wildman–Crippen LogP) is 1.75. The van der Waals surface area contributed by atoms with E-state index in [9.17, 15) is 0 Å². The smallest absolute Gasteiger partial charge is 0.287 e. The van der Waals surface area contributed by atoms with Crippen LogP contribution in [0.2, 0.25) is 0 Å². The number of ether oxygens (including phenoxy) is 1. The van der Waals surface area contributed by atoms with E-state index in [1.807, 2.05) is 7.05 Å². The number of hydrogen-bond donors (Lipinski definition) is 0. The molecule has 0 aromatic heterocycles. The third kappa shape index (κ3) is 2.80. The average Bonchev–Trinajstić information content (AvgIpc) is 2.89. The quantitative estimate of drug-likeness (QED) is 0.576. The van der Waals surface area contributed by atoms with E-state index in [4.69, 9.17) is 4.74 Å². The normalized spacial score (nSPS) is 23.8. The summed E-state index contributed by atoms with van der Waals surface area (Å²) in [6.07, 6.45) is 2.46. The number of hydrogen-bond acceptors (Lipinski definition) is 3. The van der Waals surface area contributed by atoms with Crippen molar-refractivity contribution >= 4 is 6.02 Å². The van der Waals surface area contributed by atoms with Gasteiger partial charge in [0.2, 0.25) is 0 Å². The molecule has 108 valence electrons. The maximum atomic E-state index is 6.12. The molecule has 1 aromatic carbocycles. The Bertz CT molecular complexity index is 500. The molecule has 2 aliphatic heterocycles. The van der Waals surface area contributed by atoms with Gasteiger partial charge in [0, 0.05) is 33.2 Å². The number of fused-ring (bicyclic) bond motifs is 1. The Labute approximate surface area is 121 Å². The lowest BCUT2D eigenvalue weighted by Crippen LogP contribution is -2.39. The second kappa shape index (κ2) is 5.83. The van der Waals surface area contributed by atoms with Crippen molar-refractivity contribution in [3.8, 4) is 0 Å². The van der Waals surface area contributed by atoms with E-state index < -0.39 is 0 Å². The standard InChI is InChI=1S/C16H23N3O/c1-17-16(20-15-8-9-18(2)12-15)19-10-7-13-5-3-4-6-14(13)11-19/h3-6,15H,7-12H2,1-2H3. The zero-order valence-corrected chi connectivity index (χ0v) is 12.4. The summed E-state index contributed by atoms with van der Waals surface area (Å²) in [6.45, 7) is 4.02. The third-order valence-corrected chi connectivity index (χ3v) is 4.21. The molecule has 1 atom stereocenters. The average molecular weight is 273 g/mol. The van der Waals surface area contributed by atoms with Gasteiger partial charge >= 0.3 is 0 Å². The van der Waals surface area contributed by atoms with Crippen LogP contribution in [0.25, 0.3) is 0 Å². The zero-order valence-electron chi connectivity index (χ0n) is 12.4. The highest BCUT2D eigenvalue weighted by Crippen LogP contribution is 2.20. The second-order valence-corrected chi connectivity index (χ2v) is 5.74. The van der Waals surface area contributed by atoms with E-state index in [2.05, 4.69) is 46.1 Å². The fourth-order valence-corrected chi connectivity index (χ4v) is 3.07. The molecular weight excluding hydrogens is 250 g/mol. The molecule has 0 amide bonds. The largest absolute Gasteiger partial charge is 0.460 e. The number of rotatable bonds is 1. The summed E-state index contributed by atoms with van der Waals surface area (Å²) in [5.74, 6) is 0. The highest BCUT2D eigenvalue weighted by atomic mass is 16.5. The molecule has 0 aliphatic carbocycles. The number of likely N-dealkylation sites (N-methyl/N-ethyl adjacent to an activating group) is 1. The first kappa shape index (κ1) is 13.4. The molecule has 3 rings (SSSR count). The van der Waals surface area contributed by atoms with Crippen molar-refractivity contribution in [1.29, 1.82) is 0 Å². The van der Waals surface area contributed by atoms with Crippen molar-refractivity contribution in [3.05, 3.63) is 35.4 Å². The van der Waals surface area contributed by atoms with E-state index in [0.29, 0.717) is 0 Å². The Kier molecular flexibility index (Phi) is 3.92. The highest BCUT2D eigenvalue weighted by Gasteiger charge is 2.26. The minimum atomic E-state index is 0.288. The van der Waals surface area contributed by atoms with E-state index in [1.165, 1.54) is 11.1 Å². The van der Waals surface area contributed by atoms with Crippen LogP contribution in [0.1, 0.15) is 17.5 Å². The Morgan fingerprint density at radius 1 is 1.25 bits per heavy atom. The van der Waals surface area contributed by atoms with Gasteiger partial charge in [-0.15, -0.1) is 0 Å². The van der Waals surface area contributed by atoms with Gasteiger partial charge in [0.1, 0.15) is 6.10 Å². The Balaban J connectivity index is 1.66. The number of amidine groups is 1. The van der Waals surface area contributed by atoms with Gasteiger partial charge in [-0.1, -0.05) is 24.3 Å². The molecule has 1 unspecified atom stereocenters. The molecule has 2 heterocycles. The number of likely N-dealkylation sites (tertiary alicyclic amines) is 1. The fourth-order valence-electron chi connectivity index (χ4n) is 3.07. The van der Waals surface area contributed by atoms with Crippen molar-refractivity contribution in [3.63, 3.8) is 0 Å². The number of aliphatic imine (C=N–C) groups is 1. The Hall–Kier alpha value is -1.55. The van der Waals surface area contributed by atoms with Crippen molar-refractivity contribution in [2.75, 3.05) is 33.7 Å². The summed E-state index contributed by atoms with van der Waals surface area (Å²) in [4.78, 5) is 8.95. The maximum Gasteiger partial charge on any atom is 0.287 e. The lowest BCUT2D eigenvalue weighted by molar-refractivity contribution is 0.149. The summed E-state index contributed by atoms with van der Waals surface area (Å²) < 4.78 is 6.12. The van der Waals surface area contributed by atoms with Crippen LogP contribution in [0.4, 0.5) is 0 Å². The van der Waals surface area contributed by atoms with Crippen molar-refractivity contribution < 1.29 is 4.74 Å². The summed E-state index contributed by atoms with van der Waals surface area (Å²) >= 11 is 0. The van der Waals surface area contributed by atoms with Gasteiger partial charge in [0.15, 0.2) is 0 Å². The topological polar surface area (TPSA) is 28.1 Å². The van der Waals surface area contributed by atoms with Gasteiger partial charge in [0.25, 0.3) is 6.02 Å². The van der Waals surface area contributed by atoms with Gasteiger partial charge in [-0.05, 0) is 31.0 Å². The number of nitrogens with zero attached hydrogens (tertiary/aromatic N) is 3. The predicted molar refractivity (Wildman–Crippen MR) is 80.9 cm³/mol. The lowest BCUT2D eigenvalue weighted by atomic mass is 10.0. The zero-order chi connectivity index (χ0) is 13.9. The summed E-state index contributed by atoms with van der Waals surface area (Å²) in [5.41, 5.74) is 2.85. The Morgan fingerprint density at radius 2 is 2.05 bits per heavy atom. The molecule has 0 saturated carbocycles. The van der Waals surface area contributed by atoms with Crippen LogP contribution in [0.15, 0.2) is 29.3 Å². The van der Waals surface area contributed by atoms with Gasteiger partial charge < -0.3 is 14.5 Å². The molecule has 0 bridgehead atoms. The van der Waals surface area contributed by atoms with Crippen LogP contribution in [0.3, 0.4) is 0 Å². The molecule has 2 aliphatic rings. The number of benzene rings is 1. The molecule has 0 N–H and O–H groups in total. The molecule has 20 heavy (non-hydrogen) atoms. The van der Waals surface area contributed by atoms with Gasteiger partial charge in [-0.3, -0.25) is 0 Å². The van der Waals surface area contributed by atoms with Crippen LogP contribution in [-0.4, -0.2) is 55.7 Å². The van der Waals surface area contributed by atoms with E-state index in [1.54, 1.807) is 0 Å². The SMILES string of the molecule is CN=C(OC1CCN(C)C1)N1CCc2ccccc2C1. The van der Waals surface area contributed by atoms with Gasteiger partial charge in [-0.25, -0.2) is 4.99 Å². The first-order chi connectivity index (χ1) is 9.76. The molecule has 1 saturated heterocycles. The van der Waals surface area contributed by atoms with E-state index in [-0.39, 0.29) is 6.10 Å². The molecule has 1 fully saturated rings. The summed E-state index contributed by atoms with van der Waals surface area (Å²) in [6, 6.07) is 9.46. The minimum Gasteiger partial charge on any atom is -0.460 e. The fraction of sp³-hybridized carbons (Fsp3) is 0.562. The maximum absolute atomic E-state index is 6.12. The first-order valence-corrected chi connectivity index (χ1v) is 7.40. The van der Waals surface area contributed by atoms with Crippen LogP contribution < -0.4 is 0 Å². The first-order valence-electron chi connectivity index (χ1n) is 7.40. The van der Waals surface area contributed by atoms with E-state index in [0.717, 1.165) is 45.0 Å². The molecule has 0 radical (unpaired) electrons. The van der Waals surface area contributed by atoms with Crippen molar-refractivity contribution in [2.24, 2.45) is 4.99 Å². The third-order valence-electron chi connectivity index (χ3n) is 4.21. The molecule has 1 aromatic rings. The van der Waals surface area contributed by atoms with Crippen molar-refractivity contribution in [1.82, 2.24) is 9.80 Å². The van der Waals surface area contributed by atoms with Crippen LogP contribution in [0, 0.1) is 0 Å². The lowest BCUT2D eigenvalue weighted by Gasteiger charge is -2.31. The summed E-state index contributed by atoms with van der Waals surface area (Å²) in [5, 5.41) is 0. The molecule has 4 nitrogen and oxygen atoms in total. The highest BCUT2D eigenvalue weighted by molar-refractivity contribution is 5.74. The van der Waals surface area contributed by atoms with Gasteiger partial charge in [0.05, 0.1) is 0 Å². The van der Waals surface area contributed by atoms with E-state index >= 15 is 0 Å². The van der Waals surface area contributed by atoms with Crippen LogP contribution in [0.5, 0.6) is 0 Å². The van der Waals surface area contributed by atoms with Crippen LogP contribution >= 0.6 is 0 Å².